The maximum atomic E-state index is 6.72. The molecule has 0 amide bonds. The fourth-order valence-electron chi connectivity index (χ4n) is 3.31. The van der Waals surface area contributed by atoms with Gasteiger partial charge in [-0.15, -0.1) is 0 Å². The third-order valence-electron chi connectivity index (χ3n) is 4.90. The van der Waals surface area contributed by atoms with Gasteiger partial charge in [-0.05, 0) is 53.1 Å². The van der Waals surface area contributed by atoms with Gasteiger partial charge in [0.25, 0.3) is 0 Å². The summed E-state index contributed by atoms with van der Waals surface area (Å²) in [5, 5.41) is 2.31. The Labute approximate surface area is 201 Å². The smallest absolute Gasteiger partial charge is 0.108 e. The normalized spacial score (nSPS) is 12.3. The molecule has 7 heteroatoms. The standard InChI is InChI=1S/C24H18Cl4N2O/c25-19-6-1-16(2-7-19)24(17-3-8-20(26)9-4-17)31-23(14-30-12-11-29-15-30)18-5-10-21(27)22(28)13-18/h1-13,15,23-24H,14H2/t23-/m0/s1. The average molecular weight is 492 g/mol. The molecule has 0 aliphatic carbocycles. The highest BCUT2D eigenvalue weighted by Crippen LogP contribution is 2.36. The lowest BCUT2D eigenvalue weighted by Gasteiger charge is -2.27. The molecule has 31 heavy (non-hydrogen) atoms. The first-order chi connectivity index (χ1) is 15.0. The fraction of sp³-hybridized carbons (Fsp3) is 0.125. The molecule has 1 atom stereocenters. The number of rotatable bonds is 7. The molecule has 0 aliphatic heterocycles. The Kier molecular flexibility index (Phi) is 7.21. The van der Waals surface area contributed by atoms with E-state index in [0.717, 1.165) is 16.7 Å². The molecule has 0 N–H and O–H groups in total. The first kappa shape index (κ1) is 22.2. The monoisotopic (exact) mass is 490 g/mol. The summed E-state index contributed by atoms with van der Waals surface area (Å²) in [5.41, 5.74) is 2.86. The van der Waals surface area contributed by atoms with E-state index in [1.165, 1.54) is 0 Å². The first-order valence-corrected chi connectivity index (χ1v) is 11.1. The van der Waals surface area contributed by atoms with Gasteiger partial charge in [0.2, 0.25) is 0 Å². The van der Waals surface area contributed by atoms with Crippen LogP contribution < -0.4 is 0 Å². The van der Waals surface area contributed by atoms with E-state index >= 15 is 0 Å². The highest BCUT2D eigenvalue weighted by molar-refractivity contribution is 6.42. The Balaban J connectivity index is 1.74. The SMILES string of the molecule is Clc1ccc(C(O[C@@H](Cn2ccnc2)c2ccc(Cl)c(Cl)c2)c2ccc(Cl)cc2)cc1. The number of halogens is 4. The van der Waals surface area contributed by atoms with Crippen molar-refractivity contribution in [2.75, 3.05) is 0 Å². The Morgan fingerprint density at radius 1 is 0.742 bits per heavy atom. The molecular formula is C24H18Cl4N2O. The molecular weight excluding hydrogens is 474 g/mol. The largest absolute Gasteiger partial charge is 0.359 e. The highest BCUT2D eigenvalue weighted by atomic mass is 35.5. The van der Waals surface area contributed by atoms with Gasteiger partial charge in [0.15, 0.2) is 0 Å². The Morgan fingerprint density at radius 2 is 1.32 bits per heavy atom. The molecule has 0 aliphatic rings. The third-order valence-corrected chi connectivity index (χ3v) is 6.14. The Hall–Kier alpha value is -2.01. The molecule has 4 aromatic rings. The molecule has 0 saturated carbocycles. The summed E-state index contributed by atoms with van der Waals surface area (Å²) in [5.74, 6) is 0. The molecule has 3 nitrogen and oxygen atoms in total. The van der Waals surface area contributed by atoms with Crippen LogP contribution in [0.1, 0.15) is 28.9 Å². The predicted molar refractivity (Wildman–Crippen MR) is 127 cm³/mol. The van der Waals surface area contributed by atoms with E-state index in [1.54, 1.807) is 18.6 Å². The van der Waals surface area contributed by atoms with Crippen molar-refractivity contribution >= 4 is 46.4 Å². The minimum absolute atomic E-state index is 0.319. The molecule has 0 radical (unpaired) electrons. The summed E-state index contributed by atoms with van der Waals surface area (Å²) in [6, 6.07) is 20.8. The van der Waals surface area contributed by atoms with Crippen molar-refractivity contribution in [2.45, 2.75) is 18.8 Å². The van der Waals surface area contributed by atoms with Gasteiger partial charge in [-0.3, -0.25) is 0 Å². The average Bonchev–Trinajstić information content (AvgIpc) is 3.28. The molecule has 4 rings (SSSR count). The summed E-state index contributed by atoms with van der Waals surface area (Å²) >= 11 is 24.7. The van der Waals surface area contributed by atoms with Gasteiger partial charge >= 0.3 is 0 Å². The van der Waals surface area contributed by atoms with E-state index in [1.807, 2.05) is 71.4 Å². The van der Waals surface area contributed by atoms with Crippen LogP contribution in [0, 0.1) is 0 Å². The van der Waals surface area contributed by atoms with Gasteiger partial charge in [-0.2, -0.15) is 0 Å². The third kappa shape index (κ3) is 5.62. The van der Waals surface area contributed by atoms with E-state index in [0.29, 0.717) is 26.6 Å². The second-order valence-corrected chi connectivity index (χ2v) is 8.73. The number of imidazole rings is 1. The van der Waals surface area contributed by atoms with Crippen molar-refractivity contribution < 1.29 is 4.74 Å². The quantitative estimate of drug-likeness (QED) is 0.261. The van der Waals surface area contributed by atoms with E-state index in [2.05, 4.69) is 4.98 Å². The zero-order valence-corrected chi connectivity index (χ0v) is 19.3. The minimum Gasteiger partial charge on any atom is -0.359 e. The Morgan fingerprint density at radius 3 is 1.84 bits per heavy atom. The van der Waals surface area contributed by atoms with Gasteiger partial charge in [0.05, 0.1) is 22.9 Å². The number of aromatic nitrogens is 2. The first-order valence-electron chi connectivity index (χ1n) is 9.56. The summed E-state index contributed by atoms with van der Waals surface area (Å²) in [7, 11) is 0. The van der Waals surface area contributed by atoms with Crippen LogP contribution in [0.25, 0.3) is 0 Å². The van der Waals surface area contributed by atoms with Gasteiger partial charge < -0.3 is 9.30 Å². The Bertz CT molecular complexity index is 1080. The van der Waals surface area contributed by atoms with Crippen molar-refractivity contribution in [1.29, 1.82) is 0 Å². The number of hydrogen-bond donors (Lipinski definition) is 0. The van der Waals surface area contributed by atoms with Crippen LogP contribution in [0.5, 0.6) is 0 Å². The van der Waals surface area contributed by atoms with Crippen LogP contribution in [0.15, 0.2) is 85.5 Å². The molecule has 1 heterocycles. The summed E-state index contributed by atoms with van der Waals surface area (Å²) in [4.78, 5) is 4.15. The van der Waals surface area contributed by atoms with Crippen LogP contribution in [-0.2, 0) is 11.3 Å². The predicted octanol–water partition coefficient (Wildman–Crippen LogP) is 8.04. The molecule has 3 aromatic carbocycles. The summed E-state index contributed by atoms with van der Waals surface area (Å²) in [6.07, 6.45) is 4.72. The summed E-state index contributed by atoms with van der Waals surface area (Å²) in [6.45, 7) is 0.551. The van der Waals surface area contributed by atoms with Gasteiger partial charge in [-0.25, -0.2) is 4.98 Å². The van der Waals surface area contributed by atoms with Crippen LogP contribution in [0.2, 0.25) is 20.1 Å². The van der Waals surface area contributed by atoms with Crippen molar-refractivity contribution in [3.05, 3.63) is 122 Å². The molecule has 0 unspecified atom stereocenters. The minimum atomic E-state index is -0.350. The van der Waals surface area contributed by atoms with E-state index < -0.39 is 0 Å². The summed E-state index contributed by atoms with van der Waals surface area (Å²) < 4.78 is 8.69. The number of benzene rings is 3. The fourth-order valence-corrected chi connectivity index (χ4v) is 3.87. The topological polar surface area (TPSA) is 27.1 Å². The number of nitrogens with zero attached hydrogens (tertiary/aromatic N) is 2. The van der Waals surface area contributed by atoms with Crippen LogP contribution >= 0.6 is 46.4 Å². The van der Waals surface area contributed by atoms with Crippen molar-refractivity contribution in [1.82, 2.24) is 9.55 Å². The van der Waals surface area contributed by atoms with E-state index in [4.69, 9.17) is 51.1 Å². The number of hydrogen-bond acceptors (Lipinski definition) is 2. The molecule has 0 saturated heterocycles. The van der Waals surface area contributed by atoms with Crippen molar-refractivity contribution in [2.24, 2.45) is 0 Å². The van der Waals surface area contributed by atoms with Gasteiger partial charge in [0, 0.05) is 22.4 Å². The van der Waals surface area contributed by atoms with Gasteiger partial charge in [0.1, 0.15) is 12.2 Å². The maximum Gasteiger partial charge on any atom is 0.108 e. The zero-order chi connectivity index (χ0) is 21.8. The van der Waals surface area contributed by atoms with Gasteiger partial charge in [-0.1, -0.05) is 76.7 Å². The molecule has 0 bridgehead atoms. The molecule has 0 spiro atoms. The van der Waals surface area contributed by atoms with Crippen molar-refractivity contribution in [3.63, 3.8) is 0 Å². The molecule has 0 fully saturated rings. The van der Waals surface area contributed by atoms with Crippen LogP contribution in [0.3, 0.4) is 0 Å². The highest BCUT2D eigenvalue weighted by Gasteiger charge is 2.23. The second kappa shape index (κ2) is 10.1. The lowest BCUT2D eigenvalue weighted by molar-refractivity contribution is -0.00323. The second-order valence-electron chi connectivity index (χ2n) is 7.04. The molecule has 158 valence electrons. The molecule has 1 aromatic heterocycles. The van der Waals surface area contributed by atoms with Crippen LogP contribution in [-0.4, -0.2) is 9.55 Å². The number of ether oxygens (including phenoxy) is 1. The van der Waals surface area contributed by atoms with E-state index in [-0.39, 0.29) is 12.2 Å². The lowest BCUT2D eigenvalue weighted by atomic mass is 10.0. The van der Waals surface area contributed by atoms with Crippen LogP contribution in [0.4, 0.5) is 0 Å². The zero-order valence-electron chi connectivity index (χ0n) is 16.3. The lowest BCUT2D eigenvalue weighted by Crippen LogP contribution is -2.16. The van der Waals surface area contributed by atoms with Crippen molar-refractivity contribution in [3.8, 4) is 0 Å². The maximum absolute atomic E-state index is 6.72. The van der Waals surface area contributed by atoms with E-state index in [9.17, 15) is 0 Å².